The molecule has 0 spiro atoms. The van der Waals surface area contributed by atoms with E-state index in [1.165, 1.54) is 0 Å². The fraction of sp³-hybridized carbons (Fsp3) is 0.278. The Hall–Kier alpha value is -2.60. The van der Waals surface area contributed by atoms with Gasteiger partial charge < -0.3 is 15.1 Å². The first-order valence-corrected chi connectivity index (χ1v) is 8.44. The lowest BCUT2D eigenvalue weighted by molar-refractivity contribution is -0.130. The number of carbonyl (C=O) groups excluding carboxylic acids is 2. The molecule has 1 aromatic carbocycles. The summed E-state index contributed by atoms with van der Waals surface area (Å²) >= 11 is 5.96. The van der Waals surface area contributed by atoms with E-state index in [1.807, 2.05) is 12.1 Å². The van der Waals surface area contributed by atoms with Crippen molar-refractivity contribution < 1.29 is 9.59 Å². The molecule has 1 aliphatic heterocycles. The molecule has 1 fully saturated rings. The summed E-state index contributed by atoms with van der Waals surface area (Å²) in [4.78, 5) is 31.7. The largest absolute Gasteiger partial charge is 0.340 e. The number of nitrogens with zero attached hydrogens (tertiary/aromatic N) is 3. The molecule has 130 valence electrons. The molecular formula is C18H19ClN4O2. The lowest BCUT2D eigenvalue weighted by atomic mass is 10.2. The summed E-state index contributed by atoms with van der Waals surface area (Å²) in [7, 11) is 0. The van der Waals surface area contributed by atoms with Gasteiger partial charge in [-0.2, -0.15) is 0 Å². The Morgan fingerprint density at radius 1 is 1.08 bits per heavy atom. The van der Waals surface area contributed by atoms with E-state index in [-0.39, 0.29) is 11.8 Å². The standard InChI is InChI=1S/C18H19ClN4O2/c1-13(24)22-7-9-23(10-8-22)18(25)14-5-6-17(20-12-14)21-16-4-2-3-15(19)11-16/h2-6,11-12H,7-10H2,1H3,(H,20,21). The van der Waals surface area contributed by atoms with Crippen molar-refractivity contribution in [1.29, 1.82) is 0 Å². The van der Waals surface area contributed by atoms with Crippen molar-refractivity contribution >= 4 is 34.9 Å². The van der Waals surface area contributed by atoms with E-state index < -0.39 is 0 Å². The van der Waals surface area contributed by atoms with E-state index in [9.17, 15) is 9.59 Å². The molecule has 0 bridgehead atoms. The number of halogens is 1. The Labute approximate surface area is 151 Å². The van der Waals surface area contributed by atoms with Gasteiger partial charge in [-0.3, -0.25) is 9.59 Å². The van der Waals surface area contributed by atoms with E-state index in [0.717, 1.165) is 5.69 Å². The smallest absolute Gasteiger partial charge is 0.255 e. The molecule has 1 aromatic heterocycles. The van der Waals surface area contributed by atoms with Crippen LogP contribution in [0.5, 0.6) is 0 Å². The molecule has 2 amide bonds. The van der Waals surface area contributed by atoms with Crippen LogP contribution in [0.4, 0.5) is 11.5 Å². The number of hydrogen-bond acceptors (Lipinski definition) is 4. The zero-order valence-electron chi connectivity index (χ0n) is 13.9. The molecule has 25 heavy (non-hydrogen) atoms. The summed E-state index contributed by atoms with van der Waals surface area (Å²) in [5, 5.41) is 3.78. The Kier molecular flexibility index (Phi) is 5.19. The number of nitrogens with one attached hydrogen (secondary N) is 1. The van der Waals surface area contributed by atoms with Crippen molar-refractivity contribution in [2.75, 3.05) is 31.5 Å². The van der Waals surface area contributed by atoms with Crippen molar-refractivity contribution in [2.24, 2.45) is 0 Å². The number of anilines is 2. The molecule has 0 atom stereocenters. The molecule has 0 saturated carbocycles. The van der Waals surface area contributed by atoms with E-state index in [2.05, 4.69) is 10.3 Å². The van der Waals surface area contributed by atoms with Crippen LogP contribution in [0.1, 0.15) is 17.3 Å². The quantitative estimate of drug-likeness (QED) is 0.916. The van der Waals surface area contributed by atoms with Gasteiger partial charge in [-0.05, 0) is 30.3 Å². The van der Waals surface area contributed by atoms with Crippen molar-refractivity contribution in [2.45, 2.75) is 6.92 Å². The Morgan fingerprint density at radius 2 is 1.80 bits per heavy atom. The first kappa shape index (κ1) is 17.2. The van der Waals surface area contributed by atoms with E-state index in [0.29, 0.717) is 42.6 Å². The molecule has 6 nitrogen and oxygen atoms in total. The first-order valence-electron chi connectivity index (χ1n) is 8.06. The fourth-order valence-corrected chi connectivity index (χ4v) is 2.91. The second kappa shape index (κ2) is 7.53. The number of pyridine rings is 1. The molecule has 7 heteroatoms. The number of piperazine rings is 1. The third kappa shape index (κ3) is 4.28. The van der Waals surface area contributed by atoms with Crippen LogP contribution in [0.15, 0.2) is 42.6 Å². The second-order valence-electron chi connectivity index (χ2n) is 5.87. The predicted molar refractivity (Wildman–Crippen MR) is 97.1 cm³/mol. The summed E-state index contributed by atoms with van der Waals surface area (Å²) in [5.41, 5.74) is 1.37. The molecule has 1 N–H and O–H groups in total. The Bertz CT molecular complexity index is 771. The number of carbonyl (C=O) groups is 2. The summed E-state index contributed by atoms with van der Waals surface area (Å²) in [6.45, 7) is 3.78. The maximum absolute atomic E-state index is 12.5. The molecule has 1 aliphatic rings. The third-order valence-corrected chi connectivity index (χ3v) is 4.35. The van der Waals surface area contributed by atoms with Crippen LogP contribution in [0.3, 0.4) is 0 Å². The maximum atomic E-state index is 12.5. The minimum absolute atomic E-state index is 0.0465. The average Bonchev–Trinajstić information content (AvgIpc) is 2.62. The van der Waals surface area contributed by atoms with Gasteiger partial charge in [-0.25, -0.2) is 4.98 Å². The number of aromatic nitrogens is 1. The number of amides is 2. The van der Waals surface area contributed by atoms with Gasteiger partial charge in [0.05, 0.1) is 5.56 Å². The van der Waals surface area contributed by atoms with Crippen LogP contribution in [0, 0.1) is 0 Å². The van der Waals surface area contributed by atoms with Gasteiger partial charge in [0.1, 0.15) is 5.82 Å². The predicted octanol–water partition coefficient (Wildman–Crippen LogP) is 2.78. The van der Waals surface area contributed by atoms with Gasteiger partial charge >= 0.3 is 0 Å². The van der Waals surface area contributed by atoms with Gasteiger partial charge in [0.25, 0.3) is 5.91 Å². The molecule has 0 radical (unpaired) electrons. The van der Waals surface area contributed by atoms with Crippen LogP contribution in [-0.4, -0.2) is 52.8 Å². The van der Waals surface area contributed by atoms with Crippen LogP contribution in [-0.2, 0) is 4.79 Å². The number of hydrogen-bond donors (Lipinski definition) is 1. The van der Waals surface area contributed by atoms with Gasteiger partial charge in [-0.15, -0.1) is 0 Å². The SMILES string of the molecule is CC(=O)N1CCN(C(=O)c2ccc(Nc3cccc(Cl)c3)nc2)CC1. The normalized spacial score (nSPS) is 14.3. The minimum Gasteiger partial charge on any atom is -0.340 e. The zero-order valence-corrected chi connectivity index (χ0v) is 14.7. The van der Waals surface area contributed by atoms with E-state index in [4.69, 9.17) is 11.6 Å². The van der Waals surface area contributed by atoms with Gasteiger partial charge in [-0.1, -0.05) is 17.7 Å². The molecule has 0 aliphatic carbocycles. The summed E-state index contributed by atoms with van der Waals surface area (Å²) in [6, 6.07) is 10.9. The maximum Gasteiger partial charge on any atom is 0.255 e. The third-order valence-electron chi connectivity index (χ3n) is 4.12. The number of benzene rings is 1. The molecule has 1 saturated heterocycles. The second-order valence-corrected chi connectivity index (χ2v) is 6.30. The fourth-order valence-electron chi connectivity index (χ4n) is 2.72. The van der Waals surface area contributed by atoms with Gasteiger partial charge in [0.2, 0.25) is 5.91 Å². The zero-order chi connectivity index (χ0) is 17.8. The Balaban J connectivity index is 1.62. The molecule has 2 heterocycles. The van der Waals surface area contributed by atoms with Crippen molar-refractivity contribution in [3.05, 3.63) is 53.2 Å². The van der Waals surface area contributed by atoms with Crippen molar-refractivity contribution in [3.63, 3.8) is 0 Å². The summed E-state index contributed by atoms with van der Waals surface area (Å²) < 4.78 is 0. The lowest BCUT2D eigenvalue weighted by Crippen LogP contribution is -2.50. The van der Waals surface area contributed by atoms with E-state index >= 15 is 0 Å². The lowest BCUT2D eigenvalue weighted by Gasteiger charge is -2.34. The number of rotatable bonds is 3. The van der Waals surface area contributed by atoms with Gasteiger partial charge in [0, 0.05) is 50.0 Å². The molecular weight excluding hydrogens is 340 g/mol. The molecule has 3 rings (SSSR count). The highest BCUT2D eigenvalue weighted by Crippen LogP contribution is 2.19. The Morgan fingerprint density at radius 3 is 2.40 bits per heavy atom. The van der Waals surface area contributed by atoms with Crippen LogP contribution in [0.25, 0.3) is 0 Å². The van der Waals surface area contributed by atoms with Crippen molar-refractivity contribution in [3.8, 4) is 0 Å². The monoisotopic (exact) mass is 358 g/mol. The van der Waals surface area contributed by atoms with E-state index in [1.54, 1.807) is 47.2 Å². The van der Waals surface area contributed by atoms with Crippen LogP contribution >= 0.6 is 11.6 Å². The molecule has 0 unspecified atom stereocenters. The first-order chi connectivity index (χ1) is 12.0. The molecule has 2 aromatic rings. The van der Waals surface area contributed by atoms with Crippen molar-refractivity contribution in [1.82, 2.24) is 14.8 Å². The van der Waals surface area contributed by atoms with Crippen LogP contribution < -0.4 is 5.32 Å². The summed E-state index contributed by atoms with van der Waals surface area (Å²) in [5.74, 6) is 0.621. The average molecular weight is 359 g/mol. The van der Waals surface area contributed by atoms with Crippen LogP contribution in [0.2, 0.25) is 5.02 Å². The topological polar surface area (TPSA) is 65.5 Å². The van der Waals surface area contributed by atoms with Gasteiger partial charge in [0.15, 0.2) is 0 Å². The summed E-state index contributed by atoms with van der Waals surface area (Å²) in [6.07, 6.45) is 1.56. The highest BCUT2D eigenvalue weighted by Gasteiger charge is 2.23. The highest BCUT2D eigenvalue weighted by molar-refractivity contribution is 6.30. The highest BCUT2D eigenvalue weighted by atomic mass is 35.5. The minimum atomic E-state index is -0.0648.